The number of hydrogen-bond donors (Lipinski definition) is 4. The third-order valence-corrected chi connectivity index (χ3v) is 9.67. The standard InChI is InChI=1S/C35H54N6O7S/c1-25-31(49-24-38-25)27-7-5-26(6-8-27)22-37-33(44)29-21-28(42)23-41(29)34(45)32(35(2,3)4)39-30(43)9-15-46-17-19-48-20-18-47-16-14-40-12-10-36-11-13-40/h5-8,24,28-29,32,36,42H,9-23H2,1-4H3,(H,37,44)(H,39,43)/t28-,29+,32-/m1/s1. The maximum atomic E-state index is 13.8. The highest BCUT2D eigenvalue weighted by Crippen LogP contribution is 2.28. The lowest BCUT2D eigenvalue weighted by Crippen LogP contribution is -2.57. The molecule has 272 valence electrons. The summed E-state index contributed by atoms with van der Waals surface area (Å²) in [5.41, 5.74) is 4.13. The van der Waals surface area contributed by atoms with Gasteiger partial charge in [-0.05, 0) is 23.5 Å². The van der Waals surface area contributed by atoms with E-state index in [1.807, 2.05) is 57.5 Å². The zero-order valence-corrected chi connectivity index (χ0v) is 30.2. The number of rotatable bonds is 18. The van der Waals surface area contributed by atoms with E-state index >= 15 is 0 Å². The molecule has 49 heavy (non-hydrogen) atoms. The van der Waals surface area contributed by atoms with Gasteiger partial charge in [0.2, 0.25) is 17.7 Å². The quantitative estimate of drug-likeness (QED) is 0.168. The van der Waals surface area contributed by atoms with E-state index in [2.05, 4.69) is 25.8 Å². The van der Waals surface area contributed by atoms with Gasteiger partial charge in [-0.1, -0.05) is 45.0 Å². The van der Waals surface area contributed by atoms with Crippen molar-refractivity contribution in [2.75, 3.05) is 78.9 Å². The van der Waals surface area contributed by atoms with Gasteiger partial charge in [-0.3, -0.25) is 19.3 Å². The molecule has 0 spiro atoms. The van der Waals surface area contributed by atoms with Crippen molar-refractivity contribution in [1.29, 1.82) is 0 Å². The summed E-state index contributed by atoms with van der Waals surface area (Å²) in [6.07, 6.45) is -0.634. The Balaban J connectivity index is 1.16. The van der Waals surface area contributed by atoms with Gasteiger partial charge in [0.25, 0.3) is 0 Å². The molecule has 1 aromatic heterocycles. The van der Waals surface area contributed by atoms with Gasteiger partial charge >= 0.3 is 0 Å². The number of aromatic nitrogens is 1. The number of carbonyl (C=O) groups excluding carboxylic acids is 3. The molecule has 2 saturated heterocycles. The van der Waals surface area contributed by atoms with Crippen LogP contribution in [-0.2, 0) is 35.1 Å². The maximum absolute atomic E-state index is 13.8. The van der Waals surface area contributed by atoms with Gasteiger partial charge < -0.3 is 40.2 Å². The Morgan fingerprint density at radius 1 is 1.02 bits per heavy atom. The summed E-state index contributed by atoms with van der Waals surface area (Å²) in [7, 11) is 0. The molecule has 0 saturated carbocycles. The summed E-state index contributed by atoms with van der Waals surface area (Å²) in [6.45, 7) is 15.5. The number of likely N-dealkylation sites (tertiary alicyclic amines) is 1. The maximum Gasteiger partial charge on any atom is 0.246 e. The molecule has 4 N–H and O–H groups in total. The van der Waals surface area contributed by atoms with Crippen molar-refractivity contribution in [3.05, 3.63) is 41.0 Å². The van der Waals surface area contributed by atoms with Gasteiger partial charge in [0, 0.05) is 58.7 Å². The molecule has 4 rings (SSSR count). The van der Waals surface area contributed by atoms with E-state index in [4.69, 9.17) is 14.2 Å². The van der Waals surface area contributed by atoms with Gasteiger partial charge in [0.15, 0.2) is 0 Å². The Bertz CT molecular complexity index is 1330. The fraction of sp³-hybridized carbons (Fsp3) is 0.657. The smallest absolute Gasteiger partial charge is 0.246 e. The molecule has 13 nitrogen and oxygen atoms in total. The van der Waals surface area contributed by atoms with E-state index in [9.17, 15) is 19.5 Å². The van der Waals surface area contributed by atoms with E-state index in [-0.39, 0.29) is 44.4 Å². The second-order valence-corrected chi connectivity index (χ2v) is 14.5. The number of amides is 3. The van der Waals surface area contributed by atoms with Crippen molar-refractivity contribution in [1.82, 2.24) is 30.7 Å². The van der Waals surface area contributed by atoms with Gasteiger partial charge in [0.1, 0.15) is 12.1 Å². The Labute approximate surface area is 294 Å². The Hall–Kier alpha value is -2.98. The number of aliphatic hydroxyl groups is 1. The molecule has 14 heteroatoms. The number of β-amino-alcohol motifs (C(OH)–C–C–N with tert-alkyl or cyclic N) is 1. The molecule has 3 atom stereocenters. The van der Waals surface area contributed by atoms with Crippen LogP contribution >= 0.6 is 11.3 Å². The molecule has 2 aliphatic heterocycles. The lowest BCUT2D eigenvalue weighted by molar-refractivity contribution is -0.144. The minimum Gasteiger partial charge on any atom is -0.391 e. The molecule has 3 heterocycles. The van der Waals surface area contributed by atoms with Crippen LogP contribution in [0.1, 0.15) is 44.9 Å². The topological polar surface area (TPSA) is 155 Å². The summed E-state index contributed by atoms with van der Waals surface area (Å²) in [5.74, 6) is -1.07. The molecule has 2 fully saturated rings. The lowest BCUT2D eigenvalue weighted by atomic mass is 9.85. The Kier molecular flexibility index (Phi) is 15.4. The number of carbonyl (C=O) groups is 3. The van der Waals surface area contributed by atoms with E-state index in [1.54, 1.807) is 11.3 Å². The predicted molar refractivity (Wildman–Crippen MR) is 188 cm³/mol. The van der Waals surface area contributed by atoms with Crippen LogP contribution in [0.25, 0.3) is 10.4 Å². The minimum atomic E-state index is -0.891. The minimum absolute atomic E-state index is 0.0204. The number of thiazole rings is 1. The van der Waals surface area contributed by atoms with Crippen LogP contribution in [0, 0.1) is 12.3 Å². The zero-order valence-electron chi connectivity index (χ0n) is 29.4. The number of nitrogens with zero attached hydrogens (tertiary/aromatic N) is 3. The molecule has 0 unspecified atom stereocenters. The normalized spacial score (nSPS) is 19.2. The summed E-state index contributed by atoms with van der Waals surface area (Å²) >= 11 is 1.58. The van der Waals surface area contributed by atoms with E-state index in [1.165, 1.54) is 4.90 Å². The average molecular weight is 703 g/mol. The predicted octanol–water partition coefficient (Wildman–Crippen LogP) is 1.57. The largest absolute Gasteiger partial charge is 0.391 e. The summed E-state index contributed by atoms with van der Waals surface area (Å²) < 4.78 is 16.8. The molecule has 0 radical (unpaired) electrons. The Morgan fingerprint density at radius 3 is 2.31 bits per heavy atom. The van der Waals surface area contributed by atoms with Crippen LogP contribution in [-0.4, -0.2) is 135 Å². The highest BCUT2D eigenvalue weighted by molar-refractivity contribution is 7.13. The van der Waals surface area contributed by atoms with Crippen molar-refractivity contribution in [3.63, 3.8) is 0 Å². The first-order chi connectivity index (χ1) is 23.5. The molecule has 0 bridgehead atoms. The number of aliphatic hydroxyl groups excluding tert-OH is 1. The van der Waals surface area contributed by atoms with Crippen molar-refractivity contribution in [3.8, 4) is 10.4 Å². The van der Waals surface area contributed by atoms with E-state index in [0.29, 0.717) is 33.0 Å². The third-order valence-electron chi connectivity index (χ3n) is 8.69. The molecule has 3 amide bonds. The number of aryl methyl sites for hydroxylation is 1. The number of benzene rings is 1. The van der Waals surface area contributed by atoms with E-state index < -0.39 is 29.5 Å². The van der Waals surface area contributed by atoms with Crippen LogP contribution in [0.3, 0.4) is 0 Å². The first-order valence-corrected chi connectivity index (χ1v) is 18.1. The van der Waals surface area contributed by atoms with Crippen LogP contribution in [0.5, 0.6) is 0 Å². The molecule has 2 aromatic rings. The average Bonchev–Trinajstić information content (AvgIpc) is 3.70. The third kappa shape index (κ3) is 12.4. The lowest BCUT2D eigenvalue weighted by Gasteiger charge is -2.35. The second kappa shape index (κ2) is 19.4. The van der Waals surface area contributed by atoms with Crippen LogP contribution in [0.2, 0.25) is 0 Å². The zero-order chi connectivity index (χ0) is 35.2. The van der Waals surface area contributed by atoms with Gasteiger partial charge in [-0.2, -0.15) is 0 Å². The number of ether oxygens (including phenoxy) is 3. The van der Waals surface area contributed by atoms with Crippen LogP contribution < -0.4 is 16.0 Å². The fourth-order valence-electron chi connectivity index (χ4n) is 5.85. The first-order valence-electron chi connectivity index (χ1n) is 17.2. The van der Waals surface area contributed by atoms with Crippen LogP contribution in [0.4, 0.5) is 0 Å². The summed E-state index contributed by atoms with van der Waals surface area (Å²) in [4.78, 5) is 49.2. The number of nitrogens with one attached hydrogen (secondary N) is 3. The highest BCUT2D eigenvalue weighted by atomic mass is 32.1. The van der Waals surface area contributed by atoms with Gasteiger partial charge in [-0.25, -0.2) is 4.98 Å². The van der Waals surface area contributed by atoms with Crippen molar-refractivity contribution < 1.29 is 33.7 Å². The second-order valence-electron chi connectivity index (χ2n) is 13.6. The molecule has 0 aliphatic carbocycles. The summed E-state index contributed by atoms with van der Waals surface area (Å²) in [6, 6.07) is 6.17. The van der Waals surface area contributed by atoms with E-state index in [0.717, 1.165) is 54.4 Å². The van der Waals surface area contributed by atoms with Crippen LogP contribution in [0.15, 0.2) is 29.8 Å². The van der Waals surface area contributed by atoms with Crippen molar-refractivity contribution in [2.45, 2.75) is 65.3 Å². The van der Waals surface area contributed by atoms with Gasteiger partial charge in [0.05, 0.1) is 61.8 Å². The molecular weight excluding hydrogens is 648 g/mol. The number of piperazine rings is 1. The monoisotopic (exact) mass is 702 g/mol. The van der Waals surface area contributed by atoms with Crippen molar-refractivity contribution in [2.24, 2.45) is 5.41 Å². The molecule has 2 aliphatic rings. The highest BCUT2D eigenvalue weighted by Gasteiger charge is 2.44. The SMILES string of the molecule is Cc1ncsc1-c1ccc(CNC(=O)[C@@H]2C[C@@H](O)CN2C(=O)[C@@H](NC(=O)CCOCCOCCOCCN2CCNCC2)C(C)(C)C)cc1. The Morgan fingerprint density at radius 2 is 1.67 bits per heavy atom. The van der Waals surface area contributed by atoms with Gasteiger partial charge in [-0.15, -0.1) is 11.3 Å². The first kappa shape index (κ1) is 38.8. The van der Waals surface area contributed by atoms with Crippen molar-refractivity contribution >= 4 is 29.1 Å². The fourth-order valence-corrected chi connectivity index (χ4v) is 6.66. The number of hydrogen-bond acceptors (Lipinski definition) is 11. The molecule has 1 aromatic carbocycles. The molecular formula is C35H54N6O7S. The summed E-state index contributed by atoms with van der Waals surface area (Å²) in [5, 5.41) is 19.6.